The molecule has 6 rings (SSSR count). The van der Waals surface area contributed by atoms with Gasteiger partial charge < -0.3 is 9.32 Å². The summed E-state index contributed by atoms with van der Waals surface area (Å²) in [5, 5.41) is 2.19. The number of fused-ring (bicyclic) bond motifs is 3. The van der Waals surface area contributed by atoms with E-state index in [-0.39, 0.29) is 16.2 Å². The Morgan fingerprint density at radius 1 is 1.06 bits per heavy atom. The van der Waals surface area contributed by atoms with Gasteiger partial charge in [0.15, 0.2) is 0 Å². The zero-order valence-corrected chi connectivity index (χ0v) is 21.1. The van der Waals surface area contributed by atoms with Crippen LogP contribution in [0.25, 0.3) is 21.7 Å². The summed E-state index contributed by atoms with van der Waals surface area (Å²) in [6, 6.07) is 14.0. The second-order valence-electron chi connectivity index (χ2n) is 10.8. The maximum Gasteiger partial charge on any atom is 0.262 e. The van der Waals surface area contributed by atoms with Crippen LogP contribution in [0.1, 0.15) is 48.9 Å². The third-order valence-corrected chi connectivity index (χ3v) is 9.13. The molecule has 2 heterocycles. The molecule has 0 unspecified atom stereocenters. The smallest absolute Gasteiger partial charge is 0.262 e. The zero-order valence-electron chi connectivity index (χ0n) is 20.3. The van der Waals surface area contributed by atoms with Gasteiger partial charge in [-0.15, -0.1) is 0 Å². The number of hydrogen-bond donors (Lipinski definition) is 1. The Hall–Kier alpha value is -3.32. The Labute approximate surface area is 205 Å². The summed E-state index contributed by atoms with van der Waals surface area (Å²) in [5.74, 6) is 1.43. The first-order valence-electron chi connectivity index (χ1n) is 12.0. The molecule has 7 heteroatoms. The van der Waals surface area contributed by atoms with E-state index >= 15 is 0 Å². The lowest BCUT2D eigenvalue weighted by Gasteiger charge is -2.33. The predicted octanol–water partition coefficient (Wildman–Crippen LogP) is 6.13. The number of sulfonamides is 1. The maximum atomic E-state index is 13.5. The Morgan fingerprint density at radius 2 is 1.86 bits per heavy atom. The standard InChI is InChI=1S/C28H28N2O4S/c1-28(2,3)16-8-11-23-20(14-16)21-15-17(9-12-24(21)34-23)29-35(32,33)25-13-10-22-26-18(25)6-5-7-19(26)27(31)30(22)4/h5-7,9-10,12-13,15-16,29H,8,11,14H2,1-4H3/t16-/m1/s1. The first-order valence-corrected chi connectivity index (χ1v) is 13.4. The highest BCUT2D eigenvalue weighted by molar-refractivity contribution is 7.93. The third kappa shape index (κ3) is 3.36. The van der Waals surface area contributed by atoms with Gasteiger partial charge >= 0.3 is 0 Å². The average molecular weight is 489 g/mol. The van der Waals surface area contributed by atoms with E-state index in [1.165, 1.54) is 5.56 Å². The van der Waals surface area contributed by atoms with Crippen LogP contribution < -0.4 is 9.62 Å². The van der Waals surface area contributed by atoms with Gasteiger partial charge in [-0.3, -0.25) is 9.52 Å². The van der Waals surface area contributed by atoms with Crippen LogP contribution in [-0.2, 0) is 22.9 Å². The lowest BCUT2D eigenvalue weighted by molar-refractivity contribution is 0.0999. The predicted molar refractivity (Wildman–Crippen MR) is 139 cm³/mol. The fourth-order valence-electron chi connectivity index (χ4n) is 5.64. The molecule has 0 saturated heterocycles. The van der Waals surface area contributed by atoms with Crippen LogP contribution in [0, 0.1) is 11.3 Å². The number of aryl methyl sites for hydroxylation is 1. The van der Waals surface area contributed by atoms with E-state index in [2.05, 4.69) is 25.5 Å². The van der Waals surface area contributed by atoms with Crippen molar-refractivity contribution in [2.24, 2.45) is 11.3 Å². The number of hydrogen-bond acceptors (Lipinski definition) is 4. The van der Waals surface area contributed by atoms with Crippen molar-refractivity contribution in [3.05, 3.63) is 65.4 Å². The molecule has 1 aliphatic carbocycles. The number of benzene rings is 3. The van der Waals surface area contributed by atoms with Gasteiger partial charge in [-0.25, -0.2) is 8.42 Å². The second-order valence-corrected chi connectivity index (χ2v) is 12.5. The highest BCUT2D eigenvalue weighted by Gasteiger charge is 2.32. The molecule has 4 aromatic rings. The summed E-state index contributed by atoms with van der Waals surface area (Å²) < 4.78 is 36.0. The van der Waals surface area contributed by atoms with Gasteiger partial charge in [0.05, 0.1) is 10.6 Å². The van der Waals surface area contributed by atoms with Gasteiger partial charge in [0.25, 0.3) is 15.9 Å². The van der Waals surface area contributed by atoms with Gasteiger partial charge in [-0.05, 0) is 60.6 Å². The Bertz CT molecular complexity index is 1640. The van der Waals surface area contributed by atoms with Gasteiger partial charge in [0.2, 0.25) is 0 Å². The number of amides is 1. The fraction of sp³-hybridized carbons (Fsp3) is 0.321. The SMILES string of the molecule is CN1C(=O)c2cccc3c(S(=O)(=O)Nc4ccc5oc6c(c5c4)C[C@H](C(C)(C)C)CC6)ccc1c23. The molecule has 180 valence electrons. The van der Waals surface area contributed by atoms with Crippen molar-refractivity contribution in [2.75, 3.05) is 16.7 Å². The third-order valence-electron chi connectivity index (χ3n) is 7.69. The fourth-order valence-corrected chi connectivity index (χ4v) is 6.89. The van der Waals surface area contributed by atoms with E-state index < -0.39 is 10.0 Å². The van der Waals surface area contributed by atoms with Crippen LogP contribution in [0.15, 0.2) is 57.8 Å². The molecular formula is C28H28N2O4S. The summed E-state index contributed by atoms with van der Waals surface area (Å²) in [7, 11) is -2.20. The van der Waals surface area contributed by atoms with Gasteiger partial charge in [0, 0.05) is 46.4 Å². The van der Waals surface area contributed by atoms with Gasteiger partial charge in [0.1, 0.15) is 11.3 Å². The molecule has 0 bridgehead atoms. The topological polar surface area (TPSA) is 79.6 Å². The van der Waals surface area contributed by atoms with E-state index in [0.29, 0.717) is 27.9 Å². The minimum absolute atomic E-state index is 0.128. The Balaban J connectivity index is 1.40. The Morgan fingerprint density at radius 3 is 2.63 bits per heavy atom. The van der Waals surface area contributed by atoms with Crippen LogP contribution in [0.2, 0.25) is 0 Å². The molecule has 0 saturated carbocycles. The van der Waals surface area contributed by atoms with E-state index in [4.69, 9.17) is 4.42 Å². The number of carbonyl (C=O) groups is 1. The van der Waals surface area contributed by atoms with Crippen molar-refractivity contribution in [3.63, 3.8) is 0 Å². The van der Waals surface area contributed by atoms with Crippen LogP contribution in [0.3, 0.4) is 0 Å². The van der Waals surface area contributed by atoms with Crippen molar-refractivity contribution in [2.45, 2.75) is 44.9 Å². The minimum atomic E-state index is -3.90. The number of nitrogens with zero attached hydrogens (tertiary/aromatic N) is 1. The molecule has 3 aromatic carbocycles. The molecule has 1 atom stereocenters. The quantitative estimate of drug-likeness (QED) is 0.376. The van der Waals surface area contributed by atoms with Crippen LogP contribution >= 0.6 is 0 Å². The Kier molecular flexibility index (Phi) is 4.65. The van der Waals surface area contributed by atoms with Gasteiger partial charge in [-0.2, -0.15) is 0 Å². The van der Waals surface area contributed by atoms with Crippen LogP contribution in [-0.4, -0.2) is 21.4 Å². The van der Waals surface area contributed by atoms with Crippen molar-refractivity contribution >= 4 is 49.0 Å². The molecule has 0 fully saturated rings. The number of anilines is 2. The second kappa shape index (κ2) is 7.34. The number of rotatable bonds is 3. The lowest BCUT2D eigenvalue weighted by atomic mass is 9.71. The summed E-state index contributed by atoms with van der Waals surface area (Å²) in [6.07, 6.45) is 2.93. The van der Waals surface area contributed by atoms with Crippen molar-refractivity contribution in [1.82, 2.24) is 0 Å². The normalized spacial score (nSPS) is 17.9. The minimum Gasteiger partial charge on any atom is -0.461 e. The average Bonchev–Trinajstić information content (AvgIpc) is 3.29. The molecule has 6 nitrogen and oxygen atoms in total. The van der Waals surface area contributed by atoms with E-state index in [0.717, 1.165) is 41.7 Å². The van der Waals surface area contributed by atoms with Crippen molar-refractivity contribution < 1.29 is 17.6 Å². The maximum absolute atomic E-state index is 13.5. The molecule has 1 aromatic heterocycles. The van der Waals surface area contributed by atoms with Crippen molar-refractivity contribution in [1.29, 1.82) is 0 Å². The first-order chi connectivity index (χ1) is 16.5. The lowest BCUT2D eigenvalue weighted by Crippen LogP contribution is -2.26. The molecule has 1 amide bonds. The summed E-state index contributed by atoms with van der Waals surface area (Å²) in [5.41, 5.74) is 3.93. The highest BCUT2D eigenvalue weighted by Crippen LogP contribution is 2.42. The monoisotopic (exact) mass is 488 g/mol. The molecule has 1 aliphatic heterocycles. The van der Waals surface area contributed by atoms with Crippen LogP contribution in [0.4, 0.5) is 11.4 Å². The number of carbonyl (C=O) groups excluding carboxylic acids is 1. The van der Waals surface area contributed by atoms with E-state index in [1.807, 2.05) is 12.1 Å². The summed E-state index contributed by atoms with van der Waals surface area (Å²) in [6.45, 7) is 6.82. The molecule has 35 heavy (non-hydrogen) atoms. The van der Waals surface area contributed by atoms with Crippen molar-refractivity contribution in [3.8, 4) is 0 Å². The summed E-state index contributed by atoms with van der Waals surface area (Å²) in [4.78, 5) is 14.3. The molecule has 0 spiro atoms. The molecule has 1 N–H and O–H groups in total. The van der Waals surface area contributed by atoms with E-state index in [9.17, 15) is 13.2 Å². The summed E-state index contributed by atoms with van der Waals surface area (Å²) >= 11 is 0. The molecular weight excluding hydrogens is 460 g/mol. The molecule has 0 radical (unpaired) electrons. The first kappa shape index (κ1) is 22.2. The zero-order chi connectivity index (χ0) is 24.7. The highest BCUT2D eigenvalue weighted by atomic mass is 32.2. The number of nitrogens with one attached hydrogen (secondary N) is 1. The van der Waals surface area contributed by atoms with Gasteiger partial charge in [-0.1, -0.05) is 32.9 Å². The van der Waals surface area contributed by atoms with E-state index in [1.54, 1.807) is 48.3 Å². The van der Waals surface area contributed by atoms with Crippen LogP contribution in [0.5, 0.6) is 0 Å². The molecule has 2 aliphatic rings. The largest absolute Gasteiger partial charge is 0.461 e. The number of furan rings is 1.